The summed E-state index contributed by atoms with van der Waals surface area (Å²) >= 11 is 0. The van der Waals surface area contributed by atoms with Crippen molar-refractivity contribution in [2.24, 2.45) is 20.0 Å². The van der Waals surface area contributed by atoms with Crippen LogP contribution in [-0.4, -0.2) is 36.9 Å². The molecule has 27 heavy (non-hydrogen) atoms. The van der Waals surface area contributed by atoms with Gasteiger partial charge in [-0.2, -0.15) is 10.2 Å². The zero-order valence-electron chi connectivity index (χ0n) is 17.4. The number of hydrogen-bond acceptors (Lipinski definition) is 3. The van der Waals surface area contributed by atoms with Crippen LogP contribution in [-0.2, 0) is 20.6 Å². The van der Waals surface area contributed by atoms with Gasteiger partial charge in [0, 0.05) is 44.1 Å². The first kappa shape index (κ1) is 19.4. The number of nitrogens with zero attached hydrogens (tertiary/aromatic N) is 5. The molecule has 0 fully saturated rings. The predicted octanol–water partition coefficient (Wildman–Crippen LogP) is 3.39. The second-order valence-corrected chi connectivity index (χ2v) is 7.78. The van der Waals surface area contributed by atoms with Crippen molar-refractivity contribution in [3.63, 3.8) is 0 Å². The molecule has 2 aromatic heterocycles. The summed E-state index contributed by atoms with van der Waals surface area (Å²) in [6, 6.07) is 0. The van der Waals surface area contributed by atoms with Crippen LogP contribution >= 0.6 is 0 Å². The molecule has 0 spiro atoms. The summed E-state index contributed by atoms with van der Waals surface area (Å²) in [6.07, 6.45) is 7.77. The molecule has 0 saturated heterocycles. The van der Waals surface area contributed by atoms with Gasteiger partial charge in [-0.3, -0.25) is 14.2 Å². The Kier molecular flexibility index (Phi) is 5.53. The summed E-state index contributed by atoms with van der Waals surface area (Å²) in [7, 11) is 3.85. The molecule has 0 radical (unpaired) electrons. The Morgan fingerprint density at radius 1 is 1.07 bits per heavy atom. The highest BCUT2D eigenvalue weighted by Gasteiger charge is 2.27. The average molecular weight is 370 g/mol. The second kappa shape index (κ2) is 7.71. The third kappa shape index (κ3) is 3.84. The summed E-state index contributed by atoms with van der Waals surface area (Å²) in [5.74, 6) is 0.587. The topological polar surface area (TPSA) is 56.0 Å². The monoisotopic (exact) mass is 369 g/mol. The largest absolute Gasteiger partial charge is 0.334 e. The standard InChI is InChI=1S/C21H31N5O/c1-14-19(16(3)24(5)22-14)13-26(12-18-10-8-7-9-11-18)21(27)20-15(2)23-25(6)17(20)4/h7-8,18H,9-13H2,1-6H3/t18-/m0/s1. The number of hydrogen-bond donors (Lipinski definition) is 0. The lowest BCUT2D eigenvalue weighted by atomic mass is 9.93. The van der Waals surface area contributed by atoms with Crippen molar-refractivity contribution in [1.82, 2.24) is 24.5 Å². The second-order valence-electron chi connectivity index (χ2n) is 7.78. The number of carbonyl (C=O) groups excluding carboxylic acids is 1. The van der Waals surface area contributed by atoms with E-state index in [4.69, 9.17) is 0 Å². The zero-order chi connectivity index (χ0) is 19.7. The van der Waals surface area contributed by atoms with Crippen molar-refractivity contribution < 1.29 is 4.79 Å². The van der Waals surface area contributed by atoms with Crippen molar-refractivity contribution >= 4 is 5.91 Å². The maximum atomic E-state index is 13.5. The van der Waals surface area contributed by atoms with Crippen LogP contribution in [0.15, 0.2) is 12.2 Å². The van der Waals surface area contributed by atoms with Gasteiger partial charge in [-0.1, -0.05) is 12.2 Å². The Balaban J connectivity index is 1.93. The Morgan fingerprint density at radius 2 is 1.74 bits per heavy atom. The Labute approximate surface area is 161 Å². The number of aromatic nitrogens is 4. The molecule has 6 nitrogen and oxygen atoms in total. The van der Waals surface area contributed by atoms with Gasteiger partial charge in [0.05, 0.1) is 17.0 Å². The molecule has 0 N–H and O–H groups in total. The lowest BCUT2D eigenvalue weighted by molar-refractivity contribution is 0.0708. The normalized spacial score (nSPS) is 16.7. The van der Waals surface area contributed by atoms with Gasteiger partial charge in [-0.15, -0.1) is 0 Å². The molecule has 0 unspecified atom stereocenters. The van der Waals surface area contributed by atoms with Crippen LogP contribution in [0.5, 0.6) is 0 Å². The number of rotatable bonds is 5. The Morgan fingerprint density at radius 3 is 2.26 bits per heavy atom. The van der Waals surface area contributed by atoms with Crippen LogP contribution in [0.3, 0.4) is 0 Å². The first-order chi connectivity index (χ1) is 12.8. The molecule has 2 aromatic rings. The molecule has 1 amide bonds. The molecule has 3 rings (SSSR count). The minimum absolute atomic E-state index is 0.0790. The van der Waals surface area contributed by atoms with Gasteiger partial charge in [0.15, 0.2) is 0 Å². The summed E-state index contributed by atoms with van der Waals surface area (Å²) < 4.78 is 3.70. The van der Waals surface area contributed by atoms with Crippen LogP contribution in [0.1, 0.15) is 58.0 Å². The van der Waals surface area contributed by atoms with E-state index in [-0.39, 0.29) is 5.91 Å². The molecule has 0 saturated carbocycles. The molecular weight excluding hydrogens is 338 g/mol. The third-order valence-electron chi connectivity index (χ3n) is 5.87. The quantitative estimate of drug-likeness (QED) is 0.759. The van der Waals surface area contributed by atoms with E-state index in [1.165, 1.54) is 0 Å². The van der Waals surface area contributed by atoms with Gasteiger partial charge in [-0.25, -0.2) is 0 Å². The van der Waals surface area contributed by atoms with Crippen molar-refractivity contribution in [3.8, 4) is 0 Å². The number of carbonyl (C=O) groups is 1. The van der Waals surface area contributed by atoms with Crippen molar-refractivity contribution in [3.05, 3.63) is 46.1 Å². The highest BCUT2D eigenvalue weighted by molar-refractivity contribution is 5.96. The zero-order valence-corrected chi connectivity index (χ0v) is 17.4. The highest BCUT2D eigenvalue weighted by atomic mass is 16.2. The van der Waals surface area contributed by atoms with Crippen LogP contribution in [0.4, 0.5) is 0 Å². The van der Waals surface area contributed by atoms with E-state index in [2.05, 4.69) is 29.3 Å². The lowest BCUT2D eigenvalue weighted by Crippen LogP contribution is -2.36. The maximum absolute atomic E-state index is 13.5. The van der Waals surface area contributed by atoms with E-state index >= 15 is 0 Å². The number of amides is 1. The van der Waals surface area contributed by atoms with E-state index in [0.717, 1.165) is 59.7 Å². The molecule has 0 bridgehead atoms. The minimum Gasteiger partial charge on any atom is -0.334 e. The average Bonchev–Trinajstić information content (AvgIpc) is 3.03. The lowest BCUT2D eigenvalue weighted by Gasteiger charge is -2.29. The van der Waals surface area contributed by atoms with E-state index in [1.807, 2.05) is 44.4 Å². The number of aryl methyl sites for hydroxylation is 4. The molecule has 0 aliphatic heterocycles. The fraction of sp³-hybridized carbons (Fsp3) is 0.571. The van der Waals surface area contributed by atoms with Gasteiger partial charge in [-0.05, 0) is 52.9 Å². The van der Waals surface area contributed by atoms with Crippen LogP contribution in [0.2, 0.25) is 0 Å². The first-order valence-electron chi connectivity index (χ1n) is 9.73. The molecule has 146 valence electrons. The molecule has 1 aliphatic carbocycles. The van der Waals surface area contributed by atoms with Crippen LogP contribution in [0, 0.1) is 33.6 Å². The molecule has 6 heteroatoms. The Bertz CT molecular complexity index is 874. The Hall–Kier alpha value is -2.37. The van der Waals surface area contributed by atoms with Crippen LogP contribution < -0.4 is 0 Å². The predicted molar refractivity (Wildman–Crippen MR) is 107 cm³/mol. The molecular formula is C21H31N5O. The molecule has 0 aromatic carbocycles. The van der Waals surface area contributed by atoms with E-state index in [1.54, 1.807) is 4.68 Å². The minimum atomic E-state index is 0.0790. The van der Waals surface area contributed by atoms with Crippen molar-refractivity contribution in [2.75, 3.05) is 6.54 Å². The third-order valence-corrected chi connectivity index (χ3v) is 5.87. The fourth-order valence-corrected chi connectivity index (χ4v) is 4.03. The first-order valence-corrected chi connectivity index (χ1v) is 9.73. The van der Waals surface area contributed by atoms with Crippen LogP contribution in [0.25, 0.3) is 0 Å². The van der Waals surface area contributed by atoms with E-state index in [0.29, 0.717) is 12.5 Å². The molecule has 2 heterocycles. The smallest absolute Gasteiger partial charge is 0.257 e. The summed E-state index contributed by atoms with van der Waals surface area (Å²) in [6.45, 7) is 9.34. The molecule has 1 aliphatic rings. The highest BCUT2D eigenvalue weighted by Crippen LogP contribution is 2.24. The maximum Gasteiger partial charge on any atom is 0.257 e. The summed E-state index contributed by atoms with van der Waals surface area (Å²) in [4.78, 5) is 15.5. The summed E-state index contributed by atoms with van der Waals surface area (Å²) in [5.41, 5.74) is 5.72. The number of allylic oxidation sites excluding steroid dienone is 2. The van der Waals surface area contributed by atoms with Gasteiger partial charge < -0.3 is 4.90 Å². The van der Waals surface area contributed by atoms with E-state index < -0.39 is 0 Å². The fourth-order valence-electron chi connectivity index (χ4n) is 4.03. The SMILES string of the molecule is Cc1nn(C)c(C)c1CN(C[C@H]1CC=CCC1)C(=O)c1c(C)nn(C)c1C. The molecule has 1 atom stereocenters. The van der Waals surface area contributed by atoms with Gasteiger partial charge in [0.25, 0.3) is 5.91 Å². The van der Waals surface area contributed by atoms with E-state index in [9.17, 15) is 4.79 Å². The summed E-state index contributed by atoms with van der Waals surface area (Å²) in [5, 5.41) is 8.98. The van der Waals surface area contributed by atoms with Gasteiger partial charge in [0.2, 0.25) is 0 Å². The van der Waals surface area contributed by atoms with Crippen molar-refractivity contribution in [2.45, 2.75) is 53.5 Å². The van der Waals surface area contributed by atoms with Crippen molar-refractivity contribution in [1.29, 1.82) is 0 Å². The van der Waals surface area contributed by atoms with Gasteiger partial charge in [0.1, 0.15) is 0 Å². The van der Waals surface area contributed by atoms with Gasteiger partial charge >= 0.3 is 0 Å².